The molecule has 0 aliphatic rings. The van der Waals surface area contributed by atoms with Crippen molar-refractivity contribution >= 4 is 17.6 Å². The van der Waals surface area contributed by atoms with Crippen molar-refractivity contribution in [2.45, 2.75) is 33.1 Å². The van der Waals surface area contributed by atoms with E-state index in [1.54, 1.807) is 31.4 Å². The molecule has 9 nitrogen and oxygen atoms in total. The summed E-state index contributed by atoms with van der Waals surface area (Å²) >= 11 is 0. The number of benzene rings is 2. The van der Waals surface area contributed by atoms with Crippen molar-refractivity contribution in [2.75, 3.05) is 19.3 Å². The van der Waals surface area contributed by atoms with Gasteiger partial charge >= 0.3 is 5.97 Å². The summed E-state index contributed by atoms with van der Waals surface area (Å²) in [6.45, 7) is 8.04. The van der Waals surface area contributed by atoms with Crippen LogP contribution in [0.3, 0.4) is 0 Å². The molecular formula is C23H26N4O5. The number of nitrogens with zero attached hydrogens (tertiary/aromatic N) is 4. The minimum absolute atomic E-state index is 0.169. The van der Waals surface area contributed by atoms with E-state index in [1.807, 2.05) is 19.1 Å². The molecule has 0 saturated carbocycles. The second-order valence-corrected chi connectivity index (χ2v) is 8.31. The number of aromatic carboxylic acids is 1. The van der Waals surface area contributed by atoms with Crippen LogP contribution in [0.4, 0.5) is 5.69 Å². The van der Waals surface area contributed by atoms with E-state index in [2.05, 4.69) is 31.1 Å². The molecule has 168 valence electrons. The van der Waals surface area contributed by atoms with E-state index in [-0.39, 0.29) is 11.1 Å². The maximum Gasteiger partial charge on any atom is 0.358 e. The molecule has 1 amide bonds. The Morgan fingerprint density at radius 3 is 2.38 bits per heavy atom. The molecule has 1 heterocycles. The van der Waals surface area contributed by atoms with Crippen molar-refractivity contribution in [3.8, 4) is 11.4 Å². The van der Waals surface area contributed by atoms with Gasteiger partial charge in [-0.15, -0.1) is 5.10 Å². The van der Waals surface area contributed by atoms with E-state index >= 15 is 0 Å². The third-order valence-electron chi connectivity index (χ3n) is 5.01. The number of amides is 1. The van der Waals surface area contributed by atoms with Crippen molar-refractivity contribution in [3.63, 3.8) is 0 Å². The van der Waals surface area contributed by atoms with Crippen LogP contribution in [0.1, 0.15) is 52.7 Å². The van der Waals surface area contributed by atoms with Gasteiger partial charge in [-0.25, -0.2) is 9.48 Å². The average molecular weight is 438 g/mol. The van der Waals surface area contributed by atoms with Crippen LogP contribution in [0.5, 0.6) is 5.75 Å². The number of carboxylic acids is 1. The first-order chi connectivity index (χ1) is 15.0. The molecule has 0 spiro atoms. The lowest BCUT2D eigenvalue weighted by molar-refractivity contribution is 0.0689. The van der Waals surface area contributed by atoms with Crippen LogP contribution in [-0.2, 0) is 10.3 Å². The number of aryl methyl sites for hydroxylation is 1. The van der Waals surface area contributed by atoms with E-state index in [1.165, 1.54) is 23.1 Å². The van der Waals surface area contributed by atoms with Crippen molar-refractivity contribution in [1.29, 1.82) is 0 Å². The van der Waals surface area contributed by atoms with Gasteiger partial charge in [-0.2, -0.15) is 5.06 Å². The van der Waals surface area contributed by atoms with Gasteiger partial charge in [0.1, 0.15) is 5.75 Å². The predicted octanol–water partition coefficient (Wildman–Crippen LogP) is 3.79. The molecule has 0 fully saturated rings. The highest BCUT2D eigenvalue weighted by atomic mass is 16.7. The fourth-order valence-corrected chi connectivity index (χ4v) is 3.14. The summed E-state index contributed by atoms with van der Waals surface area (Å²) in [6, 6.07) is 10.6. The molecule has 0 unspecified atom stereocenters. The molecule has 3 aromatic rings. The van der Waals surface area contributed by atoms with Crippen LogP contribution in [-0.4, -0.2) is 46.2 Å². The molecule has 0 aliphatic carbocycles. The van der Waals surface area contributed by atoms with E-state index < -0.39 is 11.9 Å². The Morgan fingerprint density at radius 1 is 1.09 bits per heavy atom. The lowest BCUT2D eigenvalue weighted by Gasteiger charge is -2.25. The molecule has 1 N–H and O–H groups in total. The van der Waals surface area contributed by atoms with Crippen molar-refractivity contribution in [3.05, 3.63) is 65.0 Å². The molecule has 0 aliphatic heterocycles. The number of hydroxylamine groups is 1. The highest BCUT2D eigenvalue weighted by Gasteiger charge is 2.23. The lowest BCUT2D eigenvalue weighted by Crippen LogP contribution is -2.30. The molecule has 0 bridgehead atoms. The van der Waals surface area contributed by atoms with Crippen LogP contribution < -0.4 is 9.80 Å². The summed E-state index contributed by atoms with van der Waals surface area (Å²) in [4.78, 5) is 30.0. The van der Waals surface area contributed by atoms with Crippen LogP contribution in [0.25, 0.3) is 5.69 Å². The number of aromatic nitrogens is 3. The first-order valence-corrected chi connectivity index (χ1v) is 9.90. The Morgan fingerprint density at radius 2 is 1.81 bits per heavy atom. The second-order valence-electron chi connectivity index (χ2n) is 8.31. The Labute approximate surface area is 186 Å². The van der Waals surface area contributed by atoms with E-state index in [9.17, 15) is 9.59 Å². The zero-order valence-corrected chi connectivity index (χ0v) is 18.9. The topological polar surface area (TPSA) is 107 Å². The SMILES string of the molecule is COc1cc(N(OC)C(=O)c2ccc(C)c(-n3cc(C(=O)O)nn3)c2)cc(C(C)(C)C)c1. The summed E-state index contributed by atoms with van der Waals surface area (Å²) in [5, 5.41) is 17.8. The van der Waals surface area contributed by atoms with Crippen LogP contribution >= 0.6 is 0 Å². The minimum atomic E-state index is -1.18. The van der Waals surface area contributed by atoms with Gasteiger partial charge in [0.25, 0.3) is 5.91 Å². The Hall–Kier alpha value is -3.72. The molecule has 0 saturated heterocycles. The van der Waals surface area contributed by atoms with E-state index in [0.717, 1.165) is 11.1 Å². The monoisotopic (exact) mass is 438 g/mol. The Bertz CT molecular complexity index is 1160. The highest BCUT2D eigenvalue weighted by Crippen LogP contribution is 2.32. The third-order valence-corrected chi connectivity index (χ3v) is 5.01. The largest absolute Gasteiger partial charge is 0.497 e. The van der Waals surface area contributed by atoms with Crippen molar-refractivity contribution in [2.24, 2.45) is 0 Å². The van der Waals surface area contributed by atoms with Gasteiger partial charge in [0, 0.05) is 11.6 Å². The minimum Gasteiger partial charge on any atom is -0.497 e. The number of rotatable bonds is 6. The highest BCUT2D eigenvalue weighted by molar-refractivity contribution is 6.05. The number of hydrogen-bond acceptors (Lipinski definition) is 6. The number of carbonyl (C=O) groups is 2. The Kier molecular flexibility index (Phi) is 6.31. The van der Waals surface area contributed by atoms with Gasteiger partial charge < -0.3 is 9.84 Å². The quantitative estimate of drug-likeness (QED) is 0.584. The summed E-state index contributed by atoms with van der Waals surface area (Å²) in [7, 11) is 2.99. The lowest BCUT2D eigenvalue weighted by atomic mass is 9.86. The molecule has 0 radical (unpaired) electrons. The molecule has 32 heavy (non-hydrogen) atoms. The van der Waals surface area contributed by atoms with Crippen molar-refractivity contribution < 1.29 is 24.3 Å². The summed E-state index contributed by atoms with van der Waals surface area (Å²) < 4.78 is 6.75. The van der Waals surface area contributed by atoms with Crippen molar-refractivity contribution in [1.82, 2.24) is 15.0 Å². The second kappa shape index (κ2) is 8.80. The fourth-order valence-electron chi connectivity index (χ4n) is 3.14. The van der Waals surface area contributed by atoms with Crippen LogP contribution in [0.15, 0.2) is 42.6 Å². The van der Waals surface area contributed by atoms with E-state index in [4.69, 9.17) is 14.7 Å². The first kappa shape index (κ1) is 23.0. The molecule has 1 aromatic heterocycles. The number of carboxylic acid groups (broad SMARTS) is 1. The van der Waals surface area contributed by atoms with Gasteiger partial charge in [-0.1, -0.05) is 32.1 Å². The number of methoxy groups -OCH3 is 1. The number of ether oxygens (including phenoxy) is 1. The zero-order chi connectivity index (χ0) is 23.6. The maximum absolute atomic E-state index is 13.4. The number of carbonyl (C=O) groups excluding carboxylic acids is 1. The van der Waals surface area contributed by atoms with Gasteiger partial charge in [-0.3, -0.25) is 9.63 Å². The van der Waals surface area contributed by atoms with Crippen LogP contribution in [0, 0.1) is 6.92 Å². The summed E-state index contributed by atoms with van der Waals surface area (Å²) in [5.41, 5.74) is 2.81. The smallest absolute Gasteiger partial charge is 0.358 e. The number of hydrogen-bond donors (Lipinski definition) is 1. The fraction of sp³-hybridized carbons (Fsp3) is 0.304. The molecular weight excluding hydrogens is 412 g/mol. The predicted molar refractivity (Wildman–Crippen MR) is 119 cm³/mol. The van der Waals surface area contributed by atoms with Gasteiger partial charge in [0.15, 0.2) is 5.69 Å². The standard InChI is InChI=1S/C23H26N4O5/c1-14-7-8-15(9-20(14)26-13-19(22(29)30)24-25-26)21(28)27(32-6)17-10-16(23(2,3)4)11-18(12-17)31-5/h7-13H,1-6H3,(H,29,30). The van der Waals surface area contributed by atoms with Gasteiger partial charge in [0.05, 0.1) is 31.8 Å². The zero-order valence-electron chi connectivity index (χ0n) is 18.9. The number of anilines is 1. The van der Waals surface area contributed by atoms with Gasteiger partial charge in [0.2, 0.25) is 0 Å². The summed E-state index contributed by atoms with van der Waals surface area (Å²) in [5.74, 6) is -0.976. The average Bonchev–Trinajstić information content (AvgIpc) is 3.24. The first-order valence-electron chi connectivity index (χ1n) is 9.90. The molecule has 9 heteroatoms. The summed E-state index contributed by atoms with van der Waals surface area (Å²) in [6.07, 6.45) is 1.30. The normalized spacial score (nSPS) is 11.3. The third kappa shape index (κ3) is 4.62. The van der Waals surface area contributed by atoms with Crippen LogP contribution in [0.2, 0.25) is 0 Å². The maximum atomic E-state index is 13.4. The molecule has 2 aromatic carbocycles. The van der Waals surface area contributed by atoms with E-state index in [0.29, 0.717) is 22.7 Å². The Balaban J connectivity index is 2.03. The molecule has 0 atom stereocenters. The molecule has 3 rings (SSSR count). The van der Waals surface area contributed by atoms with Gasteiger partial charge in [-0.05, 0) is 47.7 Å².